The molecule has 1 aromatic heterocycles. The largest absolute Gasteiger partial charge is 0.490 e. The molecule has 0 radical (unpaired) electrons. The molecular weight excluding hydrogens is 416 g/mol. The van der Waals surface area contributed by atoms with Crippen LogP contribution in [0.4, 0.5) is 5.69 Å². The van der Waals surface area contributed by atoms with Crippen LogP contribution in [0.25, 0.3) is 23.1 Å². The standard InChI is InChI=1S/C22H26N4O4S/c1-31(27,28)25-21-16-17(6-8-20-18-4-2-3-5-19(18)23-24-20)7-9-22(21)30-15-12-26-10-13-29-14-11-26/h2-9,16,25H,10-15H2,1H3,(H,23,24). The van der Waals surface area contributed by atoms with Gasteiger partial charge in [-0.1, -0.05) is 30.3 Å². The summed E-state index contributed by atoms with van der Waals surface area (Å²) < 4.78 is 37.5. The molecule has 8 nitrogen and oxygen atoms in total. The minimum Gasteiger partial charge on any atom is -0.490 e. The molecule has 3 aromatic rings. The Hall–Kier alpha value is -2.88. The van der Waals surface area contributed by atoms with Crippen molar-refractivity contribution in [1.82, 2.24) is 15.1 Å². The second kappa shape index (κ2) is 9.51. The summed E-state index contributed by atoms with van der Waals surface area (Å²) in [5.41, 5.74) is 3.03. The molecule has 4 rings (SSSR count). The van der Waals surface area contributed by atoms with Crippen LogP contribution in [-0.4, -0.2) is 69.2 Å². The number of nitrogens with zero attached hydrogens (tertiary/aromatic N) is 2. The number of rotatable bonds is 8. The van der Waals surface area contributed by atoms with Gasteiger partial charge in [0.15, 0.2) is 0 Å². The maximum atomic E-state index is 11.9. The highest BCUT2D eigenvalue weighted by molar-refractivity contribution is 7.92. The van der Waals surface area contributed by atoms with Crippen molar-refractivity contribution in [3.63, 3.8) is 0 Å². The minimum absolute atomic E-state index is 0.415. The normalized spacial score (nSPS) is 15.5. The Labute approximate surface area is 181 Å². The van der Waals surface area contributed by atoms with E-state index in [-0.39, 0.29) is 0 Å². The highest BCUT2D eigenvalue weighted by atomic mass is 32.2. The van der Waals surface area contributed by atoms with E-state index in [2.05, 4.69) is 19.8 Å². The van der Waals surface area contributed by atoms with Gasteiger partial charge in [0.25, 0.3) is 0 Å². The number of H-pyrrole nitrogens is 1. The van der Waals surface area contributed by atoms with Crippen molar-refractivity contribution in [3.8, 4) is 5.75 Å². The third-order valence-corrected chi connectivity index (χ3v) is 5.59. The van der Waals surface area contributed by atoms with Crippen LogP contribution in [0.2, 0.25) is 0 Å². The van der Waals surface area contributed by atoms with Crippen LogP contribution < -0.4 is 9.46 Å². The third-order valence-electron chi connectivity index (χ3n) is 5.00. The van der Waals surface area contributed by atoms with E-state index in [9.17, 15) is 8.42 Å². The average molecular weight is 443 g/mol. The average Bonchev–Trinajstić information content (AvgIpc) is 3.16. The van der Waals surface area contributed by atoms with Crippen LogP contribution in [0, 0.1) is 0 Å². The number of para-hydroxylation sites is 1. The van der Waals surface area contributed by atoms with Gasteiger partial charge in [0, 0.05) is 25.0 Å². The molecule has 164 valence electrons. The van der Waals surface area contributed by atoms with Crippen LogP contribution in [-0.2, 0) is 14.8 Å². The highest BCUT2D eigenvalue weighted by Crippen LogP contribution is 2.28. The Morgan fingerprint density at radius 3 is 2.81 bits per heavy atom. The highest BCUT2D eigenvalue weighted by Gasteiger charge is 2.13. The van der Waals surface area contributed by atoms with E-state index in [1.54, 1.807) is 12.1 Å². The number of fused-ring (bicyclic) bond motifs is 1. The SMILES string of the molecule is CS(=O)(=O)Nc1cc(C=Cc2n[nH]c3ccccc23)ccc1OCCN1CCOCC1. The first-order valence-electron chi connectivity index (χ1n) is 10.1. The second-order valence-electron chi connectivity index (χ2n) is 7.42. The Kier molecular flexibility index (Phi) is 6.55. The van der Waals surface area contributed by atoms with Crippen molar-refractivity contribution in [3.05, 3.63) is 53.7 Å². The first-order chi connectivity index (χ1) is 15.0. The summed E-state index contributed by atoms with van der Waals surface area (Å²) in [6, 6.07) is 13.3. The molecule has 0 aliphatic carbocycles. The van der Waals surface area contributed by atoms with Crippen molar-refractivity contribution >= 4 is 38.8 Å². The number of aromatic nitrogens is 2. The molecule has 1 fully saturated rings. The van der Waals surface area contributed by atoms with E-state index in [1.807, 2.05) is 42.5 Å². The molecule has 0 saturated carbocycles. The number of hydrogen-bond acceptors (Lipinski definition) is 6. The fourth-order valence-corrected chi connectivity index (χ4v) is 4.01. The predicted octanol–water partition coefficient (Wildman–Crippen LogP) is 2.82. The molecule has 31 heavy (non-hydrogen) atoms. The smallest absolute Gasteiger partial charge is 0.229 e. The van der Waals surface area contributed by atoms with Crippen LogP contribution >= 0.6 is 0 Å². The maximum absolute atomic E-state index is 11.9. The minimum atomic E-state index is -3.45. The summed E-state index contributed by atoms with van der Waals surface area (Å²) >= 11 is 0. The number of nitrogens with one attached hydrogen (secondary N) is 2. The number of aromatic amines is 1. The van der Waals surface area contributed by atoms with E-state index in [4.69, 9.17) is 9.47 Å². The first kappa shape index (κ1) is 21.4. The van der Waals surface area contributed by atoms with Crippen LogP contribution in [0.15, 0.2) is 42.5 Å². The van der Waals surface area contributed by atoms with Crippen molar-refractivity contribution in [2.24, 2.45) is 0 Å². The van der Waals surface area contributed by atoms with Crippen LogP contribution in [0.1, 0.15) is 11.3 Å². The van der Waals surface area contributed by atoms with Crippen molar-refractivity contribution in [2.45, 2.75) is 0 Å². The Morgan fingerprint density at radius 2 is 2.00 bits per heavy atom. The van der Waals surface area contributed by atoms with Gasteiger partial charge in [0.1, 0.15) is 12.4 Å². The van der Waals surface area contributed by atoms with E-state index < -0.39 is 10.0 Å². The number of ether oxygens (including phenoxy) is 2. The summed E-state index contributed by atoms with van der Waals surface area (Å²) in [5, 5.41) is 8.36. The topological polar surface area (TPSA) is 96.5 Å². The van der Waals surface area contributed by atoms with Gasteiger partial charge < -0.3 is 9.47 Å². The lowest BCUT2D eigenvalue weighted by Crippen LogP contribution is -2.38. The van der Waals surface area contributed by atoms with Gasteiger partial charge in [-0.3, -0.25) is 14.7 Å². The number of anilines is 1. The van der Waals surface area contributed by atoms with E-state index in [0.717, 1.165) is 61.3 Å². The van der Waals surface area contributed by atoms with Gasteiger partial charge in [0.2, 0.25) is 10.0 Å². The summed E-state index contributed by atoms with van der Waals surface area (Å²) in [5.74, 6) is 0.501. The Bertz CT molecular complexity index is 1170. The first-order valence-corrected chi connectivity index (χ1v) is 12.0. The lowest BCUT2D eigenvalue weighted by Gasteiger charge is -2.26. The molecule has 1 aliphatic heterocycles. The van der Waals surface area contributed by atoms with Crippen molar-refractivity contribution < 1.29 is 17.9 Å². The van der Waals surface area contributed by atoms with Gasteiger partial charge in [-0.25, -0.2) is 8.42 Å². The number of hydrogen-bond donors (Lipinski definition) is 2. The van der Waals surface area contributed by atoms with E-state index in [1.165, 1.54) is 0 Å². The fourth-order valence-electron chi connectivity index (χ4n) is 3.45. The molecule has 0 spiro atoms. The molecule has 0 atom stereocenters. The molecule has 2 N–H and O–H groups in total. The summed E-state index contributed by atoms with van der Waals surface area (Å²) in [4.78, 5) is 2.26. The zero-order valence-corrected chi connectivity index (χ0v) is 18.2. The summed E-state index contributed by atoms with van der Waals surface area (Å²) in [6.45, 7) is 4.44. The third kappa shape index (κ3) is 5.84. The van der Waals surface area contributed by atoms with Crippen molar-refractivity contribution in [1.29, 1.82) is 0 Å². The number of sulfonamides is 1. The van der Waals surface area contributed by atoms with Gasteiger partial charge in [0.05, 0.1) is 36.4 Å². The van der Waals surface area contributed by atoms with Crippen LogP contribution in [0.5, 0.6) is 5.75 Å². The molecule has 2 aromatic carbocycles. The zero-order valence-electron chi connectivity index (χ0n) is 17.4. The molecule has 1 aliphatic rings. The summed E-state index contributed by atoms with van der Waals surface area (Å²) in [7, 11) is -3.45. The fraction of sp³-hybridized carbons (Fsp3) is 0.318. The van der Waals surface area contributed by atoms with Gasteiger partial charge in [-0.15, -0.1) is 0 Å². The molecule has 0 unspecified atom stereocenters. The molecule has 0 bridgehead atoms. The predicted molar refractivity (Wildman–Crippen MR) is 123 cm³/mol. The molecule has 9 heteroatoms. The Morgan fingerprint density at radius 1 is 1.19 bits per heavy atom. The lowest BCUT2D eigenvalue weighted by atomic mass is 10.1. The van der Waals surface area contributed by atoms with Gasteiger partial charge >= 0.3 is 0 Å². The molecular formula is C22H26N4O4S. The zero-order chi connectivity index (χ0) is 21.7. The quantitative estimate of drug-likeness (QED) is 0.557. The second-order valence-corrected chi connectivity index (χ2v) is 9.17. The molecule has 1 saturated heterocycles. The van der Waals surface area contributed by atoms with Crippen LogP contribution in [0.3, 0.4) is 0 Å². The van der Waals surface area contributed by atoms with Gasteiger partial charge in [-0.2, -0.15) is 5.10 Å². The molecule has 2 heterocycles. The van der Waals surface area contributed by atoms with Gasteiger partial charge in [-0.05, 0) is 29.8 Å². The Balaban J connectivity index is 1.50. The monoisotopic (exact) mass is 442 g/mol. The molecule has 0 amide bonds. The maximum Gasteiger partial charge on any atom is 0.229 e. The lowest BCUT2D eigenvalue weighted by molar-refractivity contribution is 0.0323. The van der Waals surface area contributed by atoms with E-state index in [0.29, 0.717) is 18.0 Å². The van der Waals surface area contributed by atoms with Crippen molar-refractivity contribution in [2.75, 3.05) is 50.4 Å². The number of benzene rings is 2. The summed E-state index contributed by atoms with van der Waals surface area (Å²) in [6.07, 6.45) is 4.92. The van der Waals surface area contributed by atoms with E-state index >= 15 is 0 Å². The number of morpholine rings is 1.